The van der Waals surface area contributed by atoms with Crippen molar-refractivity contribution < 1.29 is 32.2 Å². The van der Waals surface area contributed by atoms with Crippen LogP contribution < -0.4 is 10.1 Å². The highest BCUT2D eigenvalue weighted by atomic mass is 19.2. The van der Waals surface area contributed by atoms with E-state index in [9.17, 15) is 22.8 Å². The molecule has 0 unspecified atom stereocenters. The van der Waals surface area contributed by atoms with Crippen LogP contribution in [-0.4, -0.2) is 18.5 Å². The number of rotatable bonds is 4. The first-order valence-electron chi connectivity index (χ1n) is 8.91. The summed E-state index contributed by atoms with van der Waals surface area (Å²) < 4.78 is 50.9. The Morgan fingerprint density at radius 2 is 1.47 bits per heavy atom. The van der Waals surface area contributed by atoms with Crippen LogP contribution in [0.3, 0.4) is 0 Å². The van der Waals surface area contributed by atoms with Crippen LogP contribution in [-0.2, 0) is 14.3 Å². The number of amides is 1. The number of carbonyl (C=O) groups is 2. The van der Waals surface area contributed by atoms with Crippen LogP contribution in [0.4, 0.5) is 18.9 Å². The zero-order valence-corrected chi connectivity index (χ0v) is 15.3. The molecule has 0 atom stereocenters. The molecule has 1 amide bonds. The van der Waals surface area contributed by atoms with Crippen molar-refractivity contribution >= 4 is 17.6 Å². The fourth-order valence-corrected chi connectivity index (χ4v) is 3.19. The van der Waals surface area contributed by atoms with Crippen LogP contribution in [0.2, 0.25) is 0 Å². The number of nitrogens with one attached hydrogen (secondary N) is 1. The Bertz CT molecular complexity index is 1100. The van der Waals surface area contributed by atoms with Crippen LogP contribution >= 0.6 is 0 Å². The lowest BCUT2D eigenvalue weighted by Crippen LogP contribution is -2.26. The Labute approximate surface area is 169 Å². The van der Waals surface area contributed by atoms with E-state index in [1.165, 1.54) is 0 Å². The lowest BCUT2D eigenvalue weighted by atomic mass is 9.88. The van der Waals surface area contributed by atoms with Gasteiger partial charge in [-0.1, -0.05) is 36.4 Å². The highest BCUT2D eigenvalue weighted by molar-refractivity contribution is 5.94. The first-order valence-corrected chi connectivity index (χ1v) is 8.91. The number of anilines is 1. The van der Waals surface area contributed by atoms with Crippen molar-refractivity contribution in [2.75, 3.05) is 11.9 Å². The number of hydrogen-bond donors (Lipinski definition) is 1. The standard InChI is InChI=1S/C22H14F3NO4/c23-14-9-10-15(21(25)20(14)24)26-18(27)11-29-22(28)19-12-5-1-3-7-16(12)30-17-8-4-2-6-13(17)19/h1-10,19H,11H2,(H,26,27). The van der Waals surface area contributed by atoms with Gasteiger partial charge in [0, 0.05) is 11.1 Å². The molecule has 0 fully saturated rings. The first kappa shape index (κ1) is 19.5. The summed E-state index contributed by atoms with van der Waals surface area (Å²) in [4.78, 5) is 24.8. The van der Waals surface area contributed by atoms with Gasteiger partial charge in [0.05, 0.1) is 5.69 Å². The topological polar surface area (TPSA) is 64.6 Å². The fourth-order valence-electron chi connectivity index (χ4n) is 3.19. The minimum absolute atomic E-state index is 0.492. The second-order valence-electron chi connectivity index (χ2n) is 6.49. The van der Waals surface area contributed by atoms with E-state index < -0.39 is 47.5 Å². The van der Waals surface area contributed by atoms with Crippen LogP contribution in [0, 0.1) is 17.5 Å². The number of halogens is 3. The van der Waals surface area contributed by atoms with E-state index in [-0.39, 0.29) is 0 Å². The summed E-state index contributed by atoms with van der Waals surface area (Å²) in [5.41, 5.74) is 0.596. The predicted molar refractivity (Wildman–Crippen MR) is 101 cm³/mol. The van der Waals surface area contributed by atoms with Gasteiger partial charge in [0.2, 0.25) is 0 Å². The molecule has 1 aliphatic heterocycles. The maximum atomic E-state index is 13.7. The van der Waals surface area contributed by atoms with Gasteiger partial charge < -0.3 is 14.8 Å². The summed E-state index contributed by atoms with van der Waals surface area (Å²) in [5.74, 6) is -6.08. The quantitative estimate of drug-likeness (QED) is 0.505. The molecular weight excluding hydrogens is 399 g/mol. The molecule has 1 N–H and O–H groups in total. The molecule has 1 heterocycles. The molecule has 3 aromatic carbocycles. The molecule has 0 aliphatic carbocycles. The Kier molecular flexibility index (Phi) is 5.14. The highest BCUT2D eigenvalue weighted by Crippen LogP contribution is 2.44. The minimum atomic E-state index is -1.71. The molecule has 8 heteroatoms. The molecule has 0 radical (unpaired) electrons. The summed E-state index contributed by atoms with van der Waals surface area (Å²) in [5, 5.41) is 2.05. The van der Waals surface area contributed by atoms with E-state index in [0.717, 1.165) is 6.07 Å². The molecule has 30 heavy (non-hydrogen) atoms. The average Bonchev–Trinajstić information content (AvgIpc) is 2.76. The Balaban J connectivity index is 1.50. The molecule has 152 valence electrons. The lowest BCUT2D eigenvalue weighted by molar-refractivity contribution is -0.148. The van der Waals surface area contributed by atoms with E-state index in [1.54, 1.807) is 48.5 Å². The third kappa shape index (κ3) is 3.59. The zero-order valence-electron chi connectivity index (χ0n) is 15.3. The van der Waals surface area contributed by atoms with Gasteiger partial charge in [-0.05, 0) is 24.3 Å². The number of carbonyl (C=O) groups excluding carboxylic acids is 2. The molecule has 0 spiro atoms. The Morgan fingerprint density at radius 3 is 2.10 bits per heavy atom. The van der Waals surface area contributed by atoms with Gasteiger partial charge in [0.1, 0.15) is 17.4 Å². The number of benzene rings is 3. The summed E-state index contributed by atoms with van der Waals surface area (Å²) in [6.07, 6.45) is 0. The van der Waals surface area contributed by atoms with E-state index in [2.05, 4.69) is 5.32 Å². The van der Waals surface area contributed by atoms with Gasteiger partial charge in [-0.15, -0.1) is 0 Å². The maximum absolute atomic E-state index is 13.7. The van der Waals surface area contributed by atoms with Crippen molar-refractivity contribution in [1.29, 1.82) is 0 Å². The van der Waals surface area contributed by atoms with Gasteiger partial charge in [-0.25, -0.2) is 13.2 Å². The van der Waals surface area contributed by atoms with Gasteiger partial charge in [0.15, 0.2) is 24.1 Å². The summed E-state index contributed by atoms with van der Waals surface area (Å²) in [6.45, 7) is -0.737. The summed E-state index contributed by atoms with van der Waals surface area (Å²) in [6, 6.07) is 15.4. The normalized spacial score (nSPS) is 12.4. The smallest absolute Gasteiger partial charge is 0.318 e. The van der Waals surface area contributed by atoms with Gasteiger partial charge in [-0.2, -0.15) is 0 Å². The SMILES string of the molecule is O=C(COC(=O)C1c2ccccc2Oc2ccccc21)Nc1ccc(F)c(F)c1F. The fraction of sp³-hybridized carbons (Fsp3) is 0.0909. The summed E-state index contributed by atoms with van der Waals surface area (Å²) in [7, 11) is 0. The number of ether oxygens (including phenoxy) is 2. The number of esters is 1. The maximum Gasteiger partial charge on any atom is 0.318 e. The largest absolute Gasteiger partial charge is 0.457 e. The number of para-hydroxylation sites is 2. The Hall–Kier alpha value is -3.81. The molecule has 1 aliphatic rings. The van der Waals surface area contributed by atoms with E-state index in [4.69, 9.17) is 9.47 Å². The van der Waals surface area contributed by atoms with Crippen molar-refractivity contribution in [3.8, 4) is 11.5 Å². The van der Waals surface area contributed by atoms with Gasteiger partial charge >= 0.3 is 5.97 Å². The van der Waals surface area contributed by atoms with Crippen LogP contribution in [0.1, 0.15) is 17.0 Å². The average molecular weight is 413 g/mol. The third-order valence-corrected chi connectivity index (χ3v) is 4.57. The monoisotopic (exact) mass is 413 g/mol. The first-order chi connectivity index (χ1) is 14.5. The highest BCUT2D eigenvalue weighted by Gasteiger charge is 2.33. The van der Waals surface area contributed by atoms with Crippen molar-refractivity contribution in [1.82, 2.24) is 0 Å². The summed E-state index contributed by atoms with van der Waals surface area (Å²) >= 11 is 0. The van der Waals surface area contributed by atoms with Crippen LogP contribution in [0.25, 0.3) is 0 Å². The van der Waals surface area contributed by atoms with E-state index in [1.807, 2.05) is 0 Å². The Morgan fingerprint density at radius 1 is 0.867 bits per heavy atom. The van der Waals surface area contributed by atoms with Gasteiger partial charge in [-0.3, -0.25) is 9.59 Å². The molecular formula is C22H14F3NO4. The third-order valence-electron chi connectivity index (χ3n) is 4.57. The lowest BCUT2D eigenvalue weighted by Gasteiger charge is -2.26. The van der Waals surface area contributed by atoms with E-state index >= 15 is 0 Å². The molecule has 0 aromatic heterocycles. The van der Waals surface area contributed by atoms with Crippen molar-refractivity contribution in [3.05, 3.63) is 89.2 Å². The molecule has 0 saturated carbocycles. The molecule has 0 saturated heterocycles. The minimum Gasteiger partial charge on any atom is -0.457 e. The molecule has 3 aromatic rings. The number of hydrogen-bond acceptors (Lipinski definition) is 4. The van der Waals surface area contributed by atoms with Crippen molar-refractivity contribution in [2.24, 2.45) is 0 Å². The number of fused-ring (bicyclic) bond motifs is 2. The molecule has 0 bridgehead atoms. The predicted octanol–water partition coefficient (Wildman–Crippen LogP) is 4.52. The second-order valence-corrected chi connectivity index (χ2v) is 6.49. The van der Waals surface area contributed by atoms with E-state index in [0.29, 0.717) is 28.7 Å². The molecule has 5 nitrogen and oxygen atoms in total. The molecule has 4 rings (SSSR count). The van der Waals surface area contributed by atoms with Crippen LogP contribution in [0.15, 0.2) is 60.7 Å². The zero-order chi connectivity index (χ0) is 21.3. The second kappa shape index (κ2) is 7.90. The van der Waals surface area contributed by atoms with Gasteiger partial charge in [0.25, 0.3) is 5.91 Å². The van der Waals surface area contributed by atoms with Crippen LogP contribution in [0.5, 0.6) is 11.5 Å². The van der Waals surface area contributed by atoms with Crippen molar-refractivity contribution in [3.63, 3.8) is 0 Å². The van der Waals surface area contributed by atoms with Crippen molar-refractivity contribution in [2.45, 2.75) is 5.92 Å².